The Balaban J connectivity index is 3.76. The Morgan fingerprint density at radius 3 is 1.29 bits per heavy atom. The number of hydrogen-bond donors (Lipinski definition) is 2. The predicted molar refractivity (Wildman–Crippen MR) is 202 cm³/mol. The second-order valence-electron chi connectivity index (χ2n) is 14.6. The van der Waals surface area contributed by atoms with E-state index in [0.29, 0.717) is 6.42 Å². The van der Waals surface area contributed by atoms with Crippen molar-refractivity contribution in [1.82, 2.24) is 0 Å². The smallest absolute Gasteiger partial charge is 0.462 e. The van der Waals surface area contributed by atoms with Gasteiger partial charge in [-0.2, -0.15) is 0 Å². The van der Waals surface area contributed by atoms with Crippen LogP contribution < -0.4 is 0 Å². The number of carbonyl (C=O) groups is 2. The number of unbranched alkanes of at least 4 members (excludes halogenated alkanes) is 25. The predicted octanol–water partition coefficient (Wildman–Crippen LogP) is 12.3. The molecular formula is C40H79O8P. The summed E-state index contributed by atoms with van der Waals surface area (Å²) in [5.74, 6) is 0.0281. The van der Waals surface area contributed by atoms with Crippen LogP contribution in [0.2, 0.25) is 0 Å². The first-order valence-corrected chi connectivity index (χ1v) is 22.3. The number of phosphoric ester groups is 1. The maximum Gasteiger partial charge on any atom is 0.469 e. The van der Waals surface area contributed by atoms with Crippen LogP contribution in [-0.4, -0.2) is 41.0 Å². The minimum Gasteiger partial charge on any atom is -0.462 e. The van der Waals surface area contributed by atoms with Gasteiger partial charge in [-0.25, -0.2) is 4.57 Å². The van der Waals surface area contributed by atoms with Crippen LogP contribution in [0, 0.1) is 5.92 Å². The second kappa shape index (κ2) is 35.5. The zero-order valence-corrected chi connectivity index (χ0v) is 33.2. The average Bonchev–Trinajstić information content (AvgIpc) is 3.07. The van der Waals surface area contributed by atoms with Crippen LogP contribution in [-0.2, 0) is 28.2 Å². The molecule has 0 amide bonds. The summed E-state index contributed by atoms with van der Waals surface area (Å²) in [6.45, 7) is 6.07. The van der Waals surface area contributed by atoms with Crippen LogP contribution in [0.15, 0.2) is 0 Å². The van der Waals surface area contributed by atoms with Gasteiger partial charge in [-0.05, 0) is 18.8 Å². The quantitative estimate of drug-likeness (QED) is 0.0368. The number of carbonyl (C=O) groups excluding carboxylic acids is 2. The lowest BCUT2D eigenvalue weighted by molar-refractivity contribution is -0.161. The molecular weight excluding hydrogens is 639 g/mol. The van der Waals surface area contributed by atoms with Gasteiger partial charge >= 0.3 is 19.8 Å². The van der Waals surface area contributed by atoms with Gasteiger partial charge in [-0.1, -0.05) is 194 Å². The van der Waals surface area contributed by atoms with Crippen molar-refractivity contribution < 1.29 is 37.9 Å². The molecule has 0 saturated carbocycles. The SMILES string of the molecule is CCCCCCCCCCCC(=O)O[C@H](COC(=O)CCCCCCCCCCCCCCCCCCCCC(C)CC)COP(=O)(O)O. The number of hydrogen-bond acceptors (Lipinski definition) is 6. The Kier molecular flexibility index (Phi) is 34.8. The number of esters is 2. The van der Waals surface area contributed by atoms with Crippen molar-refractivity contribution in [3.63, 3.8) is 0 Å². The molecule has 0 aliphatic carbocycles. The lowest BCUT2D eigenvalue weighted by atomic mass is 9.99. The zero-order valence-electron chi connectivity index (χ0n) is 32.3. The fourth-order valence-corrected chi connectivity index (χ4v) is 6.53. The summed E-state index contributed by atoms with van der Waals surface area (Å²) in [6, 6.07) is 0. The van der Waals surface area contributed by atoms with E-state index in [9.17, 15) is 14.2 Å². The third-order valence-corrected chi connectivity index (χ3v) is 10.2. The molecule has 9 heteroatoms. The maximum absolute atomic E-state index is 12.3. The van der Waals surface area contributed by atoms with E-state index in [4.69, 9.17) is 19.3 Å². The third kappa shape index (κ3) is 38.1. The molecule has 2 atom stereocenters. The van der Waals surface area contributed by atoms with E-state index < -0.39 is 32.5 Å². The summed E-state index contributed by atoms with van der Waals surface area (Å²) >= 11 is 0. The van der Waals surface area contributed by atoms with Crippen LogP contribution in [0.25, 0.3) is 0 Å². The van der Waals surface area contributed by atoms with Crippen molar-refractivity contribution in [1.29, 1.82) is 0 Å². The lowest BCUT2D eigenvalue weighted by Crippen LogP contribution is -2.29. The minimum absolute atomic E-state index is 0.218. The molecule has 0 rings (SSSR count). The molecule has 0 aromatic carbocycles. The molecule has 0 aliphatic heterocycles. The first kappa shape index (κ1) is 48.0. The van der Waals surface area contributed by atoms with Crippen molar-refractivity contribution in [3.05, 3.63) is 0 Å². The van der Waals surface area contributed by atoms with Gasteiger partial charge in [0.2, 0.25) is 0 Å². The zero-order chi connectivity index (χ0) is 36.3. The van der Waals surface area contributed by atoms with Crippen molar-refractivity contribution in [2.45, 2.75) is 226 Å². The molecule has 0 bridgehead atoms. The highest BCUT2D eigenvalue weighted by atomic mass is 31.2. The van der Waals surface area contributed by atoms with E-state index in [0.717, 1.165) is 44.4 Å². The first-order valence-electron chi connectivity index (χ1n) is 20.7. The highest BCUT2D eigenvalue weighted by molar-refractivity contribution is 7.46. The van der Waals surface area contributed by atoms with Crippen molar-refractivity contribution in [2.24, 2.45) is 5.92 Å². The molecule has 0 saturated heterocycles. The van der Waals surface area contributed by atoms with E-state index >= 15 is 0 Å². The number of rotatable bonds is 38. The first-order chi connectivity index (χ1) is 23.7. The topological polar surface area (TPSA) is 119 Å². The average molecular weight is 719 g/mol. The molecule has 0 heterocycles. The molecule has 2 N–H and O–H groups in total. The highest BCUT2D eigenvalue weighted by Gasteiger charge is 2.22. The Labute approximate surface area is 302 Å². The molecule has 0 fully saturated rings. The van der Waals surface area contributed by atoms with Crippen molar-refractivity contribution >= 4 is 19.8 Å². The van der Waals surface area contributed by atoms with Gasteiger partial charge in [0.25, 0.3) is 0 Å². The summed E-state index contributed by atoms with van der Waals surface area (Å²) in [5, 5.41) is 0. The largest absolute Gasteiger partial charge is 0.469 e. The summed E-state index contributed by atoms with van der Waals surface area (Å²) < 4.78 is 26.3. The van der Waals surface area contributed by atoms with Crippen LogP contribution in [0.4, 0.5) is 0 Å². The fourth-order valence-electron chi connectivity index (χ4n) is 6.17. The summed E-state index contributed by atoms with van der Waals surface area (Å²) in [4.78, 5) is 42.6. The minimum atomic E-state index is -4.74. The van der Waals surface area contributed by atoms with E-state index in [1.165, 1.54) is 141 Å². The van der Waals surface area contributed by atoms with E-state index in [2.05, 4.69) is 25.3 Å². The molecule has 8 nitrogen and oxygen atoms in total. The fraction of sp³-hybridized carbons (Fsp3) is 0.950. The van der Waals surface area contributed by atoms with E-state index in [1.54, 1.807) is 0 Å². The summed E-state index contributed by atoms with van der Waals surface area (Å²) in [6.07, 6.45) is 35.5. The van der Waals surface area contributed by atoms with Gasteiger partial charge in [0, 0.05) is 12.8 Å². The van der Waals surface area contributed by atoms with Gasteiger partial charge in [-0.3, -0.25) is 14.1 Å². The second-order valence-corrected chi connectivity index (χ2v) is 15.8. The van der Waals surface area contributed by atoms with E-state index in [1.807, 2.05) is 0 Å². The lowest BCUT2D eigenvalue weighted by Gasteiger charge is -2.18. The van der Waals surface area contributed by atoms with Crippen LogP contribution in [0.3, 0.4) is 0 Å². The molecule has 0 aromatic rings. The van der Waals surface area contributed by atoms with Gasteiger partial charge in [0.15, 0.2) is 6.10 Å². The molecule has 0 aromatic heterocycles. The maximum atomic E-state index is 12.3. The Morgan fingerprint density at radius 2 is 0.898 bits per heavy atom. The third-order valence-electron chi connectivity index (χ3n) is 9.67. The standard InChI is InChI=1S/C40H79O8P/c1-4-6-7-8-9-20-25-28-31-34-40(42)48-38(36-47-49(43,44)45)35-46-39(41)33-30-27-24-22-19-17-15-13-11-10-12-14-16-18-21-23-26-29-32-37(3)5-2/h37-38H,4-36H2,1-3H3,(H2,43,44,45)/t37?,38-/m1/s1. The Hall–Kier alpha value is -0.950. The Morgan fingerprint density at radius 1 is 0.531 bits per heavy atom. The molecule has 49 heavy (non-hydrogen) atoms. The highest BCUT2D eigenvalue weighted by Crippen LogP contribution is 2.36. The summed E-state index contributed by atoms with van der Waals surface area (Å²) in [7, 11) is -4.74. The van der Waals surface area contributed by atoms with Gasteiger partial charge in [0.05, 0.1) is 6.61 Å². The summed E-state index contributed by atoms with van der Waals surface area (Å²) in [5.41, 5.74) is 0. The number of phosphoric acid groups is 1. The van der Waals surface area contributed by atoms with E-state index in [-0.39, 0.29) is 19.4 Å². The van der Waals surface area contributed by atoms with Crippen molar-refractivity contribution in [2.75, 3.05) is 13.2 Å². The molecule has 0 aliphatic rings. The van der Waals surface area contributed by atoms with Crippen LogP contribution in [0.1, 0.15) is 220 Å². The van der Waals surface area contributed by atoms with Crippen LogP contribution >= 0.6 is 7.82 Å². The van der Waals surface area contributed by atoms with Gasteiger partial charge in [0.1, 0.15) is 6.61 Å². The van der Waals surface area contributed by atoms with Crippen LogP contribution in [0.5, 0.6) is 0 Å². The normalized spacial score (nSPS) is 13.0. The molecule has 0 spiro atoms. The van der Waals surface area contributed by atoms with Crippen molar-refractivity contribution in [3.8, 4) is 0 Å². The molecule has 1 unspecified atom stereocenters. The molecule has 292 valence electrons. The monoisotopic (exact) mass is 719 g/mol. The number of ether oxygens (including phenoxy) is 2. The van der Waals surface area contributed by atoms with Gasteiger partial charge in [-0.15, -0.1) is 0 Å². The molecule has 0 radical (unpaired) electrons. The Bertz CT molecular complexity index is 786. The van der Waals surface area contributed by atoms with Gasteiger partial charge < -0.3 is 19.3 Å².